The first-order valence-electron chi connectivity index (χ1n) is 9.29. The highest BCUT2D eigenvalue weighted by molar-refractivity contribution is 7.94. The van der Waals surface area contributed by atoms with Crippen LogP contribution >= 0.6 is 0 Å². The summed E-state index contributed by atoms with van der Waals surface area (Å²) < 4.78 is 64.0. The summed E-state index contributed by atoms with van der Waals surface area (Å²) in [5.74, 6) is -1.67. The minimum atomic E-state index is -4.25. The fraction of sp³-hybridized carbons (Fsp3) is 0.300. The molecule has 172 valence electrons. The molecule has 1 fully saturated rings. The summed E-state index contributed by atoms with van der Waals surface area (Å²) in [4.78, 5) is 23.9. The van der Waals surface area contributed by atoms with Gasteiger partial charge in [0.2, 0.25) is 15.9 Å². The van der Waals surface area contributed by atoms with Gasteiger partial charge in [-0.2, -0.15) is 0 Å². The predicted octanol–water partition coefficient (Wildman–Crippen LogP) is 1.99. The molecule has 1 aliphatic rings. The van der Waals surface area contributed by atoms with E-state index in [4.69, 9.17) is 4.74 Å². The summed E-state index contributed by atoms with van der Waals surface area (Å²) in [6.07, 6.45) is 0. The zero-order chi connectivity index (χ0) is 23.9. The molecule has 0 atom stereocenters. The summed E-state index contributed by atoms with van der Waals surface area (Å²) in [6.45, 7) is 3.02. The zero-order valence-electron chi connectivity index (χ0n) is 17.8. The number of amides is 1. The molecule has 10 nitrogen and oxygen atoms in total. The van der Waals surface area contributed by atoms with Crippen molar-refractivity contribution in [2.45, 2.75) is 18.7 Å². The van der Waals surface area contributed by atoms with Crippen LogP contribution in [0.2, 0.25) is 0 Å². The number of nitrogens with one attached hydrogen (secondary N) is 1. The summed E-state index contributed by atoms with van der Waals surface area (Å²) in [7, 11) is -5.73. The quantitative estimate of drug-likeness (QED) is 0.618. The van der Waals surface area contributed by atoms with Gasteiger partial charge in [0.25, 0.3) is 10.0 Å². The average molecular weight is 483 g/mol. The molecule has 3 rings (SSSR count). The number of sulfonamides is 2. The number of hydrogen-bond donors (Lipinski definition) is 1. The number of benzene rings is 2. The fourth-order valence-corrected chi connectivity index (χ4v) is 6.61. The largest absolute Gasteiger partial charge is 0.495 e. The van der Waals surface area contributed by atoms with E-state index in [9.17, 15) is 26.4 Å². The van der Waals surface area contributed by atoms with Crippen LogP contribution in [0.25, 0.3) is 0 Å². The first-order chi connectivity index (χ1) is 14.8. The van der Waals surface area contributed by atoms with Crippen molar-refractivity contribution in [3.63, 3.8) is 0 Å². The van der Waals surface area contributed by atoms with Crippen LogP contribution < -0.4 is 13.8 Å². The van der Waals surface area contributed by atoms with E-state index in [0.29, 0.717) is 4.31 Å². The van der Waals surface area contributed by atoms with Crippen LogP contribution in [0.5, 0.6) is 5.75 Å². The minimum absolute atomic E-state index is 0.0456. The molecule has 32 heavy (non-hydrogen) atoms. The topological polar surface area (TPSA) is 136 Å². The van der Waals surface area contributed by atoms with Crippen molar-refractivity contribution < 1.29 is 35.9 Å². The number of anilines is 2. The van der Waals surface area contributed by atoms with Gasteiger partial charge < -0.3 is 9.47 Å². The molecule has 1 amide bonds. The van der Waals surface area contributed by atoms with Crippen molar-refractivity contribution in [2.24, 2.45) is 5.41 Å². The van der Waals surface area contributed by atoms with Crippen molar-refractivity contribution in [1.29, 1.82) is 0 Å². The zero-order valence-corrected chi connectivity index (χ0v) is 19.4. The lowest BCUT2D eigenvalue weighted by molar-refractivity contribution is -0.123. The van der Waals surface area contributed by atoms with Crippen LogP contribution in [0.15, 0.2) is 47.4 Å². The second kappa shape index (κ2) is 8.10. The Bertz CT molecular complexity index is 1280. The second-order valence-corrected chi connectivity index (χ2v) is 11.2. The Morgan fingerprint density at radius 3 is 2.22 bits per heavy atom. The maximum atomic E-state index is 13.1. The fourth-order valence-electron chi connectivity index (χ4n) is 3.27. The number of rotatable bonds is 6. The molecule has 12 heteroatoms. The first kappa shape index (κ1) is 23.5. The molecule has 0 spiro atoms. The van der Waals surface area contributed by atoms with E-state index in [1.54, 1.807) is 0 Å². The summed E-state index contributed by atoms with van der Waals surface area (Å²) in [5.41, 5.74) is -0.869. The van der Waals surface area contributed by atoms with Gasteiger partial charge in [0.05, 0.1) is 36.6 Å². The van der Waals surface area contributed by atoms with Gasteiger partial charge in [-0.1, -0.05) is 0 Å². The highest BCUT2D eigenvalue weighted by Crippen LogP contribution is 2.38. The van der Waals surface area contributed by atoms with Gasteiger partial charge in [-0.25, -0.2) is 25.9 Å². The maximum absolute atomic E-state index is 13.1. The molecule has 1 heterocycles. The van der Waals surface area contributed by atoms with Crippen molar-refractivity contribution >= 4 is 43.3 Å². The Kier molecular flexibility index (Phi) is 5.96. The molecule has 1 aliphatic heterocycles. The third-order valence-corrected chi connectivity index (χ3v) is 8.24. The molecule has 2 aromatic rings. The number of nitrogens with zero attached hydrogens (tertiary/aromatic N) is 1. The summed E-state index contributed by atoms with van der Waals surface area (Å²) in [5, 5.41) is 0. The highest BCUT2D eigenvalue weighted by atomic mass is 32.2. The average Bonchev–Trinajstić information content (AvgIpc) is 2.89. The number of carbonyl (C=O) groups excluding carboxylic acids is 2. The Morgan fingerprint density at radius 2 is 1.72 bits per heavy atom. The molecule has 1 saturated heterocycles. The first-order valence-corrected chi connectivity index (χ1v) is 12.4. The Hall–Kier alpha value is -3.12. The van der Waals surface area contributed by atoms with Crippen molar-refractivity contribution in [3.05, 3.63) is 48.0 Å². The lowest BCUT2D eigenvalue weighted by Gasteiger charge is -2.19. The van der Waals surface area contributed by atoms with E-state index in [-0.39, 0.29) is 27.6 Å². The number of carbonyl (C=O) groups is 2. The Balaban J connectivity index is 2.01. The monoisotopic (exact) mass is 482 g/mol. The van der Waals surface area contributed by atoms with Gasteiger partial charge in [0.15, 0.2) is 0 Å². The van der Waals surface area contributed by atoms with Crippen LogP contribution in [0, 0.1) is 5.41 Å². The number of ether oxygens (including phenoxy) is 2. The predicted molar refractivity (Wildman–Crippen MR) is 117 cm³/mol. The number of esters is 1. The lowest BCUT2D eigenvalue weighted by Crippen LogP contribution is -2.33. The van der Waals surface area contributed by atoms with Gasteiger partial charge >= 0.3 is 5.97 Å². The second-order valence-electron chi connectivity index (χ2n) is 7.72. The van der Waals surface area contributed by atoms with E-state index in [2.05, 4.69) is 9.46 Å². The molecule has 0 aromatic heterocycles. The number of hydrogen-bond acceptors (Lipinski definition) is 8. The SMILES string of the molecule is COC(=O)c1ccc(NS(=O)(=O)c2cc(N3C(=O)C(C)(C)CS3(=O)=O)ccc2OC)cc1. The summed E-state index contributed by atoms with van der Waals surface area (Å²) >= 11 is 0. The molecule has 0 radical (unpaired) electrons. The third kappa shape index (κ3) is 4.28. The van der Waals surface area contributed by atoms with E-state index in [1.807, 2.05) is 0 Å². The highest BCUT2D eigenvalue weighted by Gasteiger charge is 2.50. The minimum Gasteiger partial charge on any atom is -0.495 e. The van der Waals surface area contributed by atoms with E-state index < -0.39 is 43.1 Å². The van der Waals surface area contributed by atoms with Crippen LogP contribution in [-0.4, -0.2) is 48.7 Å². The smallest absolute Gasteiger partial charge is 0.337 e. The van der Waals surface area contributed by atoms with Gasteiger partial charge in [0, 0.05) is 5.69 Å². The maximum Gasteiger partial charge on any atom is 0.337 e. The Labute approximate surface area is 186 Å². The Morgan fingerprint density at radius 1 is 1.09 bits per heavy atom. The van der Waals surface area contributed by atoms with Crippen molar-refractivity contribution in [1.82, 2.24) is 0 Å². The molecule has 0 saturated carbocycles. The lowest BCUT2D eigenvalue weighted by atomic mass is 9.95. The summed E-state index contributed by atoms with van der Waals surface area (Å²) in [6, 6.07) is 9.16. The van der Waals surface area contributed by atoms with Gasteiger partial charge in [-0.3, -0.25) is 9.52 Å². The molecule has 0 bridgehead atoms. The van der Waals surface area contributed by atoms with Crippen molar-refractivity contribution in [3.8, 4) is 5.75 Å². The van der Waals surface area contributed by atoms with Crippen LogP contribution in [-0.2, 0) is 29.6 Å². The molecule has 1 N–H and O–H groups in total. The normalized spacial score (nSPS) is 17.1. The van der Waals surface area contributed by atoms with Gasteiger partial charge in [-0.05, 0) is 56.3 Å². The standard InChI is InChI=1S/C20H22N2O8S2/c1-20(2)12-31(25,26)22(19(20)24)15-9-10-16(29-3)17(11-15)32(27,28)21-14-7-5-13(6-8-14)18(23)30-4/h5-11,21H,12H2,1-4H3. The van der Waals surface area contributed by atoms with Crippen LogP contribution in [0.4, 0.5) is 11.4 Å². The van der Waals surface area contributed by atoms with Crippen LogP contribution in [0.1, 0.15) is 24.2 Å². The van der Waals surface area contributed by atoms with E-state index in [1.165, 1.54) is 64.5 Å². The molecule has 0 aliphatic carbocycles. The molecule has 0 unspecified atom stereocenters. The van der Waals surface area contributed by atoms with Gasteiger partial charge in [-0.15, -0.1) is 0 Å². The molecule has 2 aromatic carbocycles. The molecular weight excluding hydrogens is 460 g/mol. The third-order valence-electron chi connectivity index (χ3n) is 4.81. The molecular formula is C20H22N2O8S2. The van der Waals surface area contributed by atoms with Gasteiger partial charge in [0.1, 0.15) is 10.6 Å². The number of methoxy groups -OCH3 is 2. The van der Waals surface area contributed by atoms with Crippen LogP contribution in [0.3, 0.4) is 0 Å². The van der Waals surface area contributed by atoms with E-state index >= 15 is 0 Å². The van der Waals surface area contributed by atoms with Crippen molar-refractivity contribution in [2.75, 3.05) is 29.0 Å². The van der Waals surface area contributed by atoms with E-state index in [0.717, 1.165) is 6.07 Å².